The van der Waals surface area contributed by atoms with Gasteiger partial charge in [-0.3, -0.25) is 4.79 Å². The Hall–Kier alpha value is -2.45. The van der Waals surface area contributed by atoms with Crippen molar-refractivity contribution in [2.24, 2.45) is 0 Å². The third kappa shape index (κ3) is 5.05. The molecular formula is C19H23FN2O4S. The number of amides is 1. The smallest absolute Gasteiger partial charge is 0.243 e. The molecule has 0 aliphatic rings. The zero-order chi connectivity index (χ0) is 20.2. The van der Waals surface area contributed by atoms with Crippen molar-refractivity contribution in [3.8, 4) is 5.75 Å². The predicted molar refractivity (Wildman–Crippen MR) is 101 cm³/mol. The third-order valence-corrected chi connectivity index (χ3v) is 5.99. The maximum absolute atomic E-state index is 13.0. The molecule has 146 valence electrons. The van der Waals surface area contributed by atoms with Crippen molar-refractivity contribution in [3.05, 3.63) is 59.4 Å². The topological polar surface area (TPSA) is 75.7 Å². The van der Waals surface area contributed by atoms with Crippen LogP contribution < -0.4 is 10.1 Å². The van der Waals surface area contributed by atoms with Crippen LogP contribution in [0.4, 0.5) is 4.39 Å². The van der Waals surface area contributed by atoms with E-state index >= 15 is 0 Å². The van der Waals surface area contributed by atoms with Crippen LogP contribution in [0, 0.1) is 12.7 Å². The predicted octanol–water partition coefficient (Wildman–Crippen LogP) is 2.64. The maximum Gasteiger partial charge on any atom is 0.243 e. The van der Waals surface area contributed by atoms with Crippen LogP contribution in [-0.4, -0.2) is 39.3 Å². The summed E-state index contributed by atoms with van der Waals surface area (Å²) in [7, 11) is -0.967. The number of halogens is 1. The first-order valence-corrected chi connectivity index (χ1v) is 9.75. The third-order valence-electron chi connectivity index (χ3n) is 4.19. The Kier molecular flexibility index (Phi) is 6.56. The fourth-order valence-electron chi connectivity index (χ4n) is 2.60. The van der Waals surface area contributed by atoms with Crippen LogP contribution in [0.5, 0.6) is 5.75 Å². The SMILES string of the molecule is COc1ccc(S(=O)(=O)N(C)CC(=O)N[C@@H](C)c2ccc(F)cc2)cc1C. The number of hydrogen-bond donors (Lipinski definition) is 1. The zero-order valence-electron chi connectivity index (χ0n) is 15.7. The van der Waals surface area contributed by atoms with Crippen LogP contribution in [0.1, 0.15) is 24.1 Å². The highest BCUT2D eigenvalue weighted by molar-refractivity contribution is 7.89. The van der Waals surface area contributed by atoms with Gasteiger partial charge in [0.2, 0.25) is 15.9 Å². The Bertz CT molecular complexity index is 914. The normalized spacial score (nSPS) is 12.7. The van der Waals surface area contributed by atoms with Gasteiger partial charge in [0.1, 0.15) is 11.6 Å². The van der Waals surface area contributed by atoms with Crippen molar-refractivity contribution in [1.29, 1.82) is 0 Å². The molecule has 0 bridgehead atoms. The van der Waals surface area contributed by atoms with Gasteiger partial charge in [0.25, 0.3) is 0 Å². The van der Waals surface area contributed by atoms with Crippen molar-refractivity contribution in [3.63, 3.8) is 0 Å². The highest BCUT2D eigenvalue weighted by Crippen LogP contribution is 2.23. The van der Waals surface area contributed by atoms with Gasteiger partial charge in [-0.05, 0) is 55.3 Å². The number of nitrogens with one attached hydrogen (secondary N) is 1. The highest BCUT2D eigenvalue weighted by atomic mass is 32.2. The molecule has 1 N–H and O–H groups in total. The molecule has 2 aromatic rings. The van der Waals surface area contributed by atoms with E-state index in [1.807, 2.05) is 0 Å². The van der Waals surface area contributed by atoms with E-state index < -0.39 is 15.9 Å². The fourth-order valence-corrected chi connectivity index (χ4v) is 3.81. The van der Waals surface area contributed by atoms with Gasteiger partial charge < -0.3 is 10.1 Å². The molecule has 0 saturated heterocycles. The molecule has 0 spiro atoms. The van der Waals surface area contributed by atoms with Crippen LogP contribution in [0.3, 0.4) is 0 Å². The van der Waals surface area contributed by atoms with E-state index in [1.54, 1.807) is 32.0 Å². The van der Waals surface area contributed by atoms with Crippen molar-refractivity contribution >= 4 is 15.9 Å². The van der Waals surface area contributed by atoms with Crippen molar-refractivity contribution < 1.29 is 22.3 Å². The molecule has 0 unspecified atom stereocenters. The molecule has 1 atom stereocenters. The number of benzene rings is 2. The second-order valence-electron chi connectivity index (χ2n) is 6.23. The molecule has 0 aliphatic heterocycles. The monoisotopic (exact) mass is 394 g/mol. The largest absolute Gasteiger partial charge is 0.496 e. The minimum absolute atomic E-state index is 0.0858. The first-order valence-electron chi connectivity index (χ1n) is 8.31. The molecule has 0 saturated carbocycles. The summed E-state index contributed by atoms with van der Waals surface area (Å²) in [6.45, 7) is 3.15. The summed E-state index contributed by atoms with van der Waals surface area (Å²) in [6.07, 6.45) is 0. The number of carbonyl (C=O) groups excluding carboxylic acids is 1. The highest BCUT2D eigenvalue weighted by Gasteiger charge is 2.24. The molecule has 2 rings (SSSR count). The summed E-state index contributed by atoms with van der Waals surface area (Å²) < 4.78 is 44.5. The first kappa shape index (κ1) is 20.9. The van der Waals surface area contributed by atoms with Crippen LogP contribution in [0.25, 0.3) is 0 Å². The Morgan fingerprint density at radius 1 is 1.22 bits per heavy atom. The second kappa shape index (κ2) is 8.49. The Labute approximate surface area is 159 Å². The molecule has 2 aromatic carbocycles. The lowest BCUT2D eigenvalue weighted by Gasteiger charge is -2.20. The van der Waals surface area contributed by atoms with Crippen LogP contribution in [0.15, 0.2) is 47.4 Å². The quantitative estimate of drug-likeness (QED) is 0.783. The summed E-state index contributed by atoms with van der Waals surface area (Å²) in [5.74, 6) is -0.233. The van der Waals surface area contributed by atoms with Gasteiger partial charge >= 0.3 is 0 Å². The number of rotatable bonds is 7. The number of sulfonamides is 1. The van der Waals surface area contributed by atoms with Crippen LogP contribution >= 0.6 is 0 Å². The lowest BCUT2D eigenvalue weighted by molar-refractivity contribution is -0.121. The van der Waals surface area contributed by atoms with E-state index in [4.69, 9.17) is 4.74 Å². The van der Waals surface area contributed by atoms with E-state index in [2.05, 4.69) is 5.32 Å². The molecule has 0 heterocycles. The minimum Gasteiger partial charge on any atom is -0.496 e. The van der Waals surface area contributed by atoms with E-state index in [0.717, 1.165) is 9.87 Å². The van der Waals surface area contributed by atoms with Gasteiger partial charge in [0.15, 0.2) is 0 Å². The zero-order valence-corrected chi connectivity index (χ0v) is 16.5. The Morgan fingerprint density at radius 3 is 2.41 bits per heavy atom. The molecule has 0 aliphatic carbocycles. The molecule has 1 amide bonds. The average Bonchev–Trinajstić information content (AvgIpc) is 2.61. The summed E-state index contributed by atoms with van der Waals surface area (Å²) in [5, 5.41) is 2.71. The number of hydrogen-bond acceptors (Lipinski definition) is 4. The molecular weight excluding hydrogens is 371 g/mol. The number of methoxy groups -OCH3 is 1. The van der Waals surface area contributed by atoms with E-state index in [9.17, 15) is 17.6 Å². The van der Waals surface area contributed by atoms with Gasteiger partial charge in [-0.2, -0.15) is 4.31 Å². The number of ether oxygens (including phenoxy) is 1. The standard InChI is InChI=1S/C19H23FN2O4S/c1-13-11-17(9-10-18(13)26-4)27(24,25)22(3)12-19(23)21-14(2)15-5-7-16(20)8-6-15/h5-11,14H,12H2,1-4H3,(H,21,23)/t14-/m0/s1. The molecule has 0 fully saturated rings. The van der Waals surface area contributed by atoms with Gasteiger partial charge in [0.05, 0.1) is 24.6 Å². The second-order valence-corrected chi connectivity index (χ2v) is 8.28. The van der Waals surface area contributed by atoms with E-state index in [-0.39, 0.29) is 23.3 Å². The van der Waals surface area contributed by atoms with E-state index in [0.29, 0.717) is 11.3 Å². The number of aryl methyl sites for hydroxylation is 1. The summed E-state index contributed by atoms with van der Waals surface area (Å²) >= 11 is 0. The van der Waals surface area contributed by atoms with Crippen LogP contribution in [-0.2, 0) is 14.8 Å². The first-order chi connectivity index (χ1) is 12.6. The van der Waals surface area contributed by atoms with E-state index in [1.165, 1.54) is 38.4 Å². The number of carbonyl (C=O) groups is 1. The average molecular weight is 394 g/mol. The molecule has 0 aromatic heterocycles. The van der Waals surface area contributed by atoms with Gasteiger partial charge in [-0.1, -0.05) is 12.1 Å². The van der Waals surface area contributed by atoms with Gasteiger partial charge in [-0.25, -0.2) is 12.8 Å². The van der Waals surface area contributed by atoms with Crippen molar-refractivity contribution in [2.75, 3.05) is 20.7 Å². The molecule has 0 radical (unpaired) electrons. The lowest BCUT2D eigenvalue weighted by atomic mass is 10.1. The van der Waals surface area contributed by atoms with Crippen molar-refractivity contribution in [2.45, 2.75) is 24.8 Å². The summed E-state index contributed by atoms with van der Waals surface area (Å²) in [4.78, 5) is 12.3. The Balaban J connectivity index is 2.06. The number of likely N-dealkylation sites (N-methyl/N-ethyl adjacent to an activating group) is 1. The fraction of sp³-hybridized carbons (Fsp3) is 0.316. The van der Waals surface area contributed by atoms with Crippen LogP contribution in [0.2, 0.25) is 0 Å². The molecule has 8 heteroatoms. The minimum atomic E-state index is -3.82. The Morgan fingerprint density at radius 2 is 1.85 bits per heavy atom. The lowest BCUT2D eigenvalue weighted by Crippen LogP contribution is -2.39. The summed E-state index contributed by atoms with van der Waals surface area (Å²) in [5.41, 5.74) is 1.40. The van der Waals surface area contributed by atoms with Gasteiger partial charge in [0, 0.05) is 7.05 Å². The van der Waals surface area contributed by atoms with Crippen molar-refractivity contribution in [1.82, 2.24) is 9.62 Å². The van der Waals surface area contributed by atoms with Gasteiger partial charge in [-0.15, -0.1) is 0 Å². The molecule has 27 heavy (non-hydrogen) atoms. The maximum atomic E-state index is 13.0. The summed E-state index contributed by atoms with van der Waals surface area (Å²) in [6, 6.07) is 9.90. The molecule has 6 nitrogen and oxygen atoms in total. The number of nitrogens with zero attached hydrogens (tertiary/aromatic N) is 1.